The quantitative estimate of drug-likeness (QED) is 0.580. The first kappa shape index (κ1) is 10.2. The zero-order chi connectivity index (χ0) is 10.1. The lowest BCUT2D eigenvalue weighted by atomic mass is 9.96. The second-order valence-electron chi connectivity index (χ2n) is 3.95. The van der Waals surface area contributed by atoms with Gasteiger partial charge in [0, 0.05) is 24.7 Å². The molecule has 0 aromatic heterocycles. The summed E-state index contributed by atoms with van der Waals surface area (Å²) in [6, 6.07) is 0. The summed E-state index contributed by atoms with van der Waals surface area (Å²) in [5.74, 6) is -0.436. The number of hydrogen-bond donors (Lipinski definition) is 2. The molecule has 74 valence electrons. The molecule has 1 saturated heterocycles. The standard InChI is InChI=1S/C9H16N2O2/c1-9(2,4-3-8(10)13)11-5-7(12)6-11/h3-4,7,12H,5-6H2,1-2H3,(H2,10,13). The molecule has 0 aliphatic carbocycles. The van der Waals surface area contributed by atoms with Crippen molar-refractivity contribution in [3.8, 4) is 0 Å². The molecule has 0 aromatic carbocycles. The van der Waals surface area contributed by atoms with Crippen LogP contribution in [0.2, 0.25) is 0 Å². The van der Waals surface area contributed by atoms with Gasteiger partial charge < -0.3 is 10.8 Å². The van der Waals surface area contributed by atoms with Crippen LogP contribution in [0.1, 0.15) is 13.8 Å². The number of carbonyl (C=O) groups is 1. The number of hydrogen-bond acceptors (Lipinski definition) is 3. The van der Waals surface area contributed by atoms with Crippen molar-refractivity contribution < 1.29 is 9.90 Å². The minimum Gasteiger partial charge on any atom is -0.390 e. The highest BCUT2D eigenvalue weighted by Gasteiger charge is 2.34. The third kappa shape index (κ3) is 2.54. The molecule has 0 spiro atoms. The van der Waals surface area contributed by atoms with Crippen LogP contribution >= 0.6 is 0 Å². The zero-order valence-corrected chi connectivity index (χ0v) is 8.03. The van der Waals surface area contributed by atoms with Crippen LogP contribution in [0.4, 0.5) is 0 Å². The molecular weight excluding hydrogens is 168 g/mol. The Hall–Kier alpha value is -0.870. The lowest BCUT2D eigenvalue weighted by Crippen LogP contribution is -2.59. The number of β-amino-alcohol motifs (C(OH)–C–C–N with tert-alkyl or cyclic N) is 1. The van der Waals surface area contributed by atoms with Crippen molar-refractivity contribution in [1.82, 2.24) is 4.90 Å². The average molecular weight is 184 g/mol. The van der Waals surface area contributed by atoms with E-state index in [0.29, 0.717) is 13.1 Å². The molecule has 4 heteroatoms. The van der Waals surface area contributed by atoms with E-state index in [0.717, 1.165) is 0 Å². The van der Waals surface area contributed by atoms with Crippen molar-refractivity contribution in [2.24, 2.45) is 5.73 Å². The smallest absolute Gasteiger partial charge is 0.241 e. The summed E-state index contributed by atoms with van der Waals surface area (Å²) in [6.07, 6.45) is 2.91. The molecule has 1 fully saturated rings. The fraction of sp³-hybridized carbons (Fsp3) is 0.667. The minimum absolute atomic E-state index is 0.200. The van der Waals surface area contributed by atoms with Gasteiger partial charge in [0.25, 0.3) is 0 Å². The van der Waals surface area contributed by atoms with Crippen LogP contribution in [-0.4, -0.2) is 40.6 Å². The van der Waals surface area contributed by atoms with E-state index >= 15 is 0 Å². The number of aliphatic hydroxyl groups is 1. The molecule has 0 radical (unpaired) electrons. The fourth-order valence-corrected chi connectivity index (χ4v) is 1.32. The molecule has 4 nitrogen and oxygen atoms in total. The Morgan fingerprint density at radius 3 is 2.54 bits per heavy atom. The molecule has 1 aliphatic heterocycles. The van der Waals surface area contributed by atoms with E-state index in [2.05, 4.69) is 4.90 Å². The van der Waals surface area contributed by atoms with Crippen LogP contribution in [0, 0.1) is 0 Å². The first-order valence-corrected chi connectivity index (χ1v) is 4.33. The van der Waals surface area contributed by atoms with Crippen molar-refractivity contribution in [3.63, 3.8) is 0 Å². The molecule has 3 N–H and O–H groups in total. The third-order valence-corrected chi connectivity index (χ3v) is 2.33. The van der Waals surface area contributed by atoms with Gasteiger partial charge in [0.2, 0.25) is 5.91 Å². The van der Waals surface area contributed by atoms with Crippen molar-refractivity contribution in [2.45, 2.75) is 25.5 Å². The molecule has 0 atom stereocenters. The van der Waals surface area contributed by atoms with Crippen LogP contribution in [0.3, 0.4) is 0 Å². The second-order valence-corrected chi connectivity index (χ2v) is 3.95. The molecule has 0 saturated carbocycles. The van der Waals surface area contributed by atoms with Crippen LogP contribution in [0.5, 0.6) is 0 Å². The fourth-order valence-electron chi connectivity index (χ4n) is 1.32. The molecule has 0 bridgehead atoms. The maximum absolute atomic E-state index is 10.5. The number of aliphatic hydroxyl groups excluding tert-OH is 1. The second kappa shape index (κ2) is 3.47. The van der Waals surface area contributed by atoms with E-state index in [-0.39, 0.29) is 11.6 Å². The Morgan fingerprint density at radius 1 is 1.62 bits per heavy atom. The number of likely N-dealkylation sites (tertiary alicyclic amines) is 1. The van der Waals surface area contributed by atoms with Gasteiger partial charge in [0.05, 0.1) is 6.10 Å². The molecule has 0 aromatic rings. The first-order valence-electron chi connectivity index (χ1n) is 4.33. The van der Waals surface area contributed by atoms with Crippen molar-refractivity contribution >= 4 is 5.91 Å². The van der Waals surface area contributed by atoms with Gasteiger partial charge >= 0.3 is 0 Å². The van der Waals surface area contributed by atoms with Crippen molar-refractivity contribution in [2.75, 3.05) is 13.1 Å². The van der Waals surface area contributed by atoms with E-state index in [1.807, 2.05) is 13.8 Å². The number of primary amides is 1. The first-order chi connectivity index (χ1) is 5.92. The number of amides is 1. The Morgan fingerprint density at radius 2 is 2.15 bits per heavy atom. The number of nitrogens with zero attached hydrogens (tertiary/aromatic N) is 1. The summed E-state index contributed by atoms with van der Waals surface area (Å²) in [7, 11) is 0. The van der Waals surface area contributed by atoms with Crippen LogP contribution < -0.4 is 5.73 Å². The lowest BCUT2D eigenvalue weighted by Gasteiger charge is -2.45. The van der Waals surface area contributed by atoms with E-state index in [1.165, 1.54) is 6.08 Å². The number of carbonyl (C=O) groups excluding carboxylic acids is 1. The van der Waals surface area contributed by atoms with Crippen molar-refractivity contribution in [3.05, 3.63) is 12.2 Å². The summed E-state index contributed by atoms with van der Waals surface area (Å²) in [6.45, 7) is 5.29. The Bertz CT molecular complexity index is 230. The SMILES string of the molecule is CC(C)(C=CC(N)=O)N1CC(O)C1. The predicted molar refractivity (Wildman–Crippen MR) is 50.0 cm³/mol. The highest BCUT2D eigenvalue weighted by molar-refractivity contribution is 5.85. The van der Waals surface area contributed by atoms with E-state index in [1.54, 1.807) is 6.08 Å². The summed E-state index contributed by atoms with van der Waals surface area (Å²) in [5, 5.41) is 9.10. The summed E-state index contributed by atoms with van der Waals surface area (Å²) >= 11 is 0. The van der Waals surface area contributed by atoms with Gasteiger partial charge in [-0.25, -0.2) is 0 Å². The zero-order valence-electron chi connectivity index (χ0n) is 8.03. The van der Waals surface area contributed by atoms with Gasteiger partial charge in [0.1, 0.15) is 0 Å². The largest absolute Gasteiger partial charge is 0.390 e. The van der Waals surface area contributed by atoms with Gasteiger partial charge in [-0.15, -0.1) is 0 Å². The van der Waals surface area contributed by atoms with Crippen molar-refractivity contribution in [1.29, 1.82) is 0 Å². The Labute approximate surface area is 78.0 Å². The predicted octanol–water partition coefficient (Wildman–Crippen LogP) is -0.517. The summed E-state index contributed by atoms with van der Waals surface area (Å²) in [5.41, 5.74) is 4.79. The van der Waals surface area contributed by atoms with Crippen LogP contribution in [0.25, 0.3) is 0 Å². The molecule has 1 rings (SSSR count). The topological polar surface area (TPSA) is 66.6 Å². The Balaban J connectivity index is 2.51. The van der Waals surface area contributed by atoms with E-state index in [4.69, 9.17) is 10.8 Å². The highest BCUT2D eigenvalue weighted by atomic mass is 16.3. The van der Waals surface area contributed by atoms with E-state index < -0.39 is 5.91 Å². The summed E-state index contributed by atoms with van der Waals surface area (Å²) in [4.78, 5) is 12.6. The molecule has 1 amide bonds. The van der Waals surface area contributed by atoms with E-state index in [9.17, 15) is 4.79 Å². The number of rotatable bonds is 3. The third-order valence-electron chi connectivity index (χ3n) is 2.33. The molecular formula is C9H16N2O2. The molecule has 1 heterocycles. The van der Waals surface area contributed by atoms with Gasteiger partial charge in [-0.2, -0.15) is 0 Å². The molecule has 0 unspecified atom stereocenters. The highest BCUT2D eigenvalue weighted by Crippen LogP contribution is 2.22. The maximum Gasteiger partial charge on any atom is 0.241 e. The van der Waals surface area contributed by atoms with Crippen LogP contribution in [0.15, 0.2) is 12.2 Å². The lowest BCUT2D eigenvalue weighted by molar-refractivity contribution is -0.113. The van der Waals surface area contributed by atoms with Crippen LogP contribution in [-0.2, 0) is 4.79 Å². The van der Waals surface area contributed by atoms with Gasteiger partial charge in [-0.1, -0.05) is 6.08 Å². The molecule has 1 aliphatic rings. The average Bonchev–Trinajstić information content (AvgIpc) is 1.95. The van der Waals surface area contributed by atoms with Gasteiger partial charge in [-0.3, -0.25) is 9.69 Å². The maximum atomic E-state index is 10.5. The summed E-state index contributed by atoms with van der Waals surface area (Å²) < 4.78 is 0. The Kier molecular flexibility index (Phi) is 2.73. The van der Waals surface area contributed by atoms with Gasteiger partial charge in [-0.05, 0) is 13.8 Å². The van der Waals surface area contributed by atoms with Gasteiger partial charge in [0.15, 0.2) is 0 Å². The monoisotopic (exact) mass is 184 g/mol. The number of nitrogens with two attached hydrogens (primary N) is 1. The molecule has 13 heavy (non-hydrogen) atoms. The minimum atomic E-state index is -0.436. The normalized spacial score (nSPS) is 20.5.